The Morgan fingerprint density at radius 2 is 2.16 bits per heavy atom. The Kier molecular flexibility index (Phi) is 5.29. The van der Waals surface area contributed by atoms with Crippen LogP contribution < -0.4 is 5.32 Å². The van der Waals surface area contributed by atoms with Gasteiger partial charge in [-0.1, -0.05) is 13.8 Å². The zero-order chi connectivity index (χ0) is 14.6. The molecule has 1 aromatic heterocycles. The minimum atomic E-state index is -0.388. The topological polar surface area (TPSA) is 82.2 Å². The Morgan fingerprint density at radius 1 is 1.53 bits per heavy atom. The van der Waals surface area contributed by atoms with E-state index < -0.39 is 0 Å². The summed E-state index contributed by atoms with van der Waals surface area (Å²) in [6.45, 7) is 8.71. The summed E-state index contributed by atoms with van der Waals surface area (Å²) in [4.78, 5) is 10.8. The van der Waals surface area contributed by atoms with Crippen molar-refractivity contribution in [2.24, 2.45) is 5.92 Å². The number of ether oxygens (including phenoxy) is 1. The quantitative estimate of drug-likeness (QED) is 0.606. The van der Waals surface area contributed by atoms with E-state index in [1.807, 2.05) is 20.8 Å². The molecule has 108 valence electrons. The van der Waals surface area contributed by atoms with Gasteiger partial charge in [-0.3, -0.25) is 10.1 Å². The molecule has 1 unspecified atom stereocenters. The van der Waals surface area contributed by atoms with E-state index in [1.54, 1.807) is 18.7 Å². The third-order valence-electron chi connectivity index (χ3n) is 3.05. The average molecular weight is 270 g/mol. The minimum Gasteiger partial charge on any atom is -0.383 e. The van der Waals surface area contributed by atoms with Crippen molar-refractivity contribution in [3.05, 3.63) is 15.8 Å². The molecule has 1 atom stereocenters. The molecule has 1 N–H and O–H groups in total. The summed E-state index contributed by atoms with van der Waals surface area (Å²) >= 11 is 0. The van der Waals surface area contributed by atoms with Gasteiger partial charge in [0.05, 0.1) is 17.6 Å². The lowest BCUT2D eigenvalue weighted by molar-refractivity contribution is -0.384. The van der Waals surface area contributed by atoms with Crippen LogP contribution in [-0.4, -0.2) is 34.5 Å². The molecule has 7 nitrogen and oxygen atoms in total. The van der Waals surface area contributed by atoms with Crippen molar-refractivity contribution in [3.8, 4) is 0 Å². The Morgan fingerprint density at radius 3 is 2.58 bits per heavy atom. The number of methoxy groups -OCH3 is 1. The van der Waals surface area contributed by atoms with Crippen molar-refractivity contribution in [2.75, 3.05) is 19.0 Å². The standard InChI is InChI=1S/C12H22N4O3/c1-6-15-12(11(16(17)18)9(4)14-15)13-10(7-19-5)8(2)3/h8,10,13H,6-7H2,1-5H3. The van der Waals surface area contributed by atoms with Crippen LogP contribution in [0.15, 0.2) is 0 Å². The SMILES string of the molecule is CCn1nc(C)c([N+](=O)[O-])c1NC(COC)C(C)C. The first-order valence-corrected chi connectivity index (χ1v) is 6.39. The highest BCUT2D eigenvalue weighted by Gasteiger charge is 2.27. The van der Waals surface area contributed by atoms with Gasteiger partial charge in [0.1, 0.15) is 5.69 Å². The predicted octanol–water partition coefficient (Wildman–Crippen LogP) is 2.20. The van der Waals surface area contributed by atoms with E-state index >= 15 is 0 Å². The van der Waals surface area contributed by atoms with Crippen molar-refractivity contribution in [1.82, 2.24) is 9.78 Å². The summed E-state index contributed by atoms with van der Waals surface area (Å²) in [5.41, 5.74) is 0.470. The van der Waals surface area contributed by atoms with Crippen molar-refractivity contribution in [3.63, 3.8) is 0 Å². The second-order valence-electron chi connectivity index (χ2n) is 4.81. The van der Waals surface area contributed by atoms with Gasteiger partial charge in [-0.25, -0.2) is 4.68 Å². The lowest BCUT2D eigenvalue weighted by Crippen LogP contribution is -2.31. The molecule has 19 heavy (non-hydrogen) atoms. The van der Waals surface area contributed by atoms with Gasteiger partial charge in [0.25, 0.3) is 0 Å². The normalized spacial score (nSPS) is 12.7. The summed E-state index contributed by atoms with van der Waals surface area (Å²) in [5, 5.41) is 18.6. The van der Waals surface area contributed by atoms with Crippen LogP contribution in [0.2, 0.25) is 0 Å². The van der Waals surface area contributed by atoms with Crippen molar-refractivity contribution in [2.45, 2.75) is 40.3 Å². The first-order valence-electron chi connectivity index (χ1n) is 6.39. The minimum absolute atomic E-state index is 0.00472. The summed E-state index contributed by atoms with van der Waals surface area (Å²) in [6, 6.07) is 0.00472. The molecule has 0 spiro atoms. The molecule has 0 amide bonds. The van der Waals surface area contributed by atoms with Gasteiger partial charge in [0, 0.05) is 13.7 Å². The highest BCUT2D eigenvalue weighted by Crippen LogP contribution is 2.29. The molecule has 1 aromatic rings. The number of aryl methyl sites for hydroxylation is 2. The molecule has 0 fully saturated rings. The number of anilines is 1. The largest absolute Gasteiger partial charge is 0.383 e. The molecule has 0 saturated carbocycles. The fraction of sp³-hybridized carbons (Fsp3) is 0.750. The first kappa shape index (κ1) is 15.4. The number of aromatic nitrogens is 2. The van der Waals surface area contributed by atoms with Crippen LogP contribution in [0, 0.1) is 23.0 Å². The van der Waals surface area contributed by atoms with Gasteiger partial charge < -0.3 is 10.1 Å². The summed E-state index contributed by atoms with van der Waals surface area (Å²) in [5.74, 6) is 0.751. The van der Waals surface area contributed by atoms with Crippen molar-refractivity contribution < 1.29 is 9.66 Å². The second-order valence-corrected chi connectivity index (χ2v) is 4.81. The molecule has 0 saturated heterocycles. The summed E-state index contributed by atoms with van der Waals surface area (Å²) < 4.78 is 6.78. The molecule has 0 aliphatic carbocycles. The maximum atomic E-state index is 11.2. The average Bonchev–Trinajstić information content (AvgIpc) is 2.64. The zero-order valence-corrected chi connectivity index (χ0v) is 12.1. The highest BCUT2D eigenvalue weighted by atomic mass is 16.6. The van der Waals surface area contributed by atoms with Gasteiger partial charge >= 0.3 is 5.69 Å². The zero-order valence-electron chi connectivity index (χ0n) is 12.1. The molecule has 0 radical (unpaired) electrons. The van der Waals surface area contributed by atoms with Crippen LogP contribution in [-0.2, 0) is 11.3 Å². The molecular weight excluding hydrogens is 248 g/mol. The third-order valence-corrected chi connectivity index (χ3v) is 3.05. The van der Waals surface area contributed by atoms with Crippen LogP contribution in [0.4, 0.5) is 11.5 Å². The first-order chi connectivity index (χ1) is 8.92. The smallest absolute Gasteiger partial charge is 0.333 e. The van der Waals surface area contributed by atoms with Crippen molar-refractivity contribution in [1.29, 1.82) is 0 Å². The summed E-state index contributed by atoms with van der Waals surface area (Å²) in [7, 11) is 1.62. The van der Waals surface area contributed by atoms with Crippen LogP contribution in [0.1, 0.15) is 26.5 Å². The molecule has 0 aromatic carbocycles. The highest BCUT2D eigenvalue weighted by molar-refractivity contribution is 5.60. The van der Waals surface area contributed by atoms with Gasteiger partial charge in [-0.2, -0.15) is 5.10 Å². The number of nitrogens with zero attached hydrogens (tertiary/aromatic N) is 3. The fourth-order valence-electron chi connectivity index (χ4n) is 1.92. The molecule has 0 aliphatic heterocycles. The Balaban J connectivity index is 3.13. The molecule has 0 bridgehead atoms. The van der Waals surface area contributed by atoms with E-state index in [0.717, 1.165) is 0 Å². The van der Waals surface area contributed by atoms with E-state index in [2.05, 4.69) is 10.4 Å². The van der Waals surface area contributed by atoms with Crippen LogP contribution in [0.25, 0.3) is 0 Å². The maximum Gasteiger partial charge on any atom is 0.333 e. The van der Waals surface area contributed by atoms with Crippen LogP contribution in [0.5, 0.6) is 0 Å². The predicted molar refractivity (Wildman–Crippen MR) is 73.4 cm³/mol. The Labute approximate surface area is 113 Å². The van der Waals surface area contributed by atoms with Crippen LogP contribution >= 0.6 is 0 Å². The summed E-state index contributed by atoms with van der Waals surface area (Å²) in [6.07, 6.45) is 0. The Bertz CT molecular complexity index is 442. The fourth-order valence-corrected chi connectivity index (χ4v) is 1.92. The maximum absolute atomic E-state index is 11.2. The number of hydrogen-bond acceptors (Lipinski definition) is 5. The van der Waals surface area contributed by atoms with Gasteiger partial charge in [0.2, 0.25) is 5.82 Å². The third kappa shape index (κ3) is 3.44. The van der Waals surface area contributed by atoms with Gasteiger partial charge in [-0.15, -0.1) is 0 Å². The van der Waals surface area contributed by atoms with Gasteiger partial charge in [0.15, 0.2) is 0 Å². The van der Waals surface area contributed by atoms with E-state index in [4.69, 9.17) is 4.74 Å². The molecular formula is C12H22N4O3. The lowest BCUT2D eigenvalue weighted by atomic mass is 10.1. The van der Waals surface area contributed by atoms with Gasteiger partial charge in [-0.05, 0) is 19.8 Å². The molecule has 1 rings (SSSR count). The lowest BCUT2D eigenvalue weighted by Gasteiger charge is -2.22. The van der Waals surface area contributed by atoms with Crippen LogP contribution in [0.3, 0.4) is 0 Å². The number of rotatable bonds is 7. The molecule has 7 heteroatoms. The van der Waals surface area contributed by atoms with E-state index in [0.29, 0.717) is 30.6 Å². The van der Waals surface area contributed by atoms with E-state index in [9.17, 15) is 10.1 Å². The number of nitro groups is 1. The number of hydrogen-bond donors (Lipinski definition) is 1. The second kappa shape index (κ2) is 6.51. The molecule has 1 heterocycles. The van der Waals surface area contributed by atoms with E-state index in [-0.39, 0.29) is 16.7 Å². The van der Waals surface area contributed by atoms with Crippen molar-refractivity contribution >= 4 is 11.5 Å². The molecule has 0 aliphatic rings. The Hall–Kier alpha value is -1.63. The monoisotopic (exact) mass is 270 g/mol. The number of nitrogens with one attached hydrogen (secondary N) is 1. The van der Waals surface area contributed by atoms with E-state index in [1.165, 1.54) is 0 Å².